The van der Waals surface area contributed by atoms with E-state index in [-0.39, 0.29) is 6.04 Å². The van der Waals surface area contributed by atoms with Crippen LogP contribution in [-0.4, -0.2) is 63.1 Å². The van der Waals surface area contributed by atoms with Crippen molar-refractivity contribution in [1.82, 2.24) is 13.9 Å². The summed E-state index contributed by atoms with van der Waals surface area (Å²) in [7, 11) is -3.38. The summed E-state index contributed by atoms with van der Waals surface area (Å²) >= 11 is 0. The molecule has 0 unspecified atom stereocenters. The van der Waals surface area contributed by atoms with Gasteiger partial charge in [-0.3, -0.25) is 4.90 Å². The average molecular weight is 353 g/mol. The molecule has 1 aromatic carbocycles. The number of morpholine rings is 1. The van der Waals surface area contributed by atoms with Gasteiger partial charge in [-0.25, -0.2) is 0 Å². The first-order chi connectivity index (χ1) is 11.5. The van der Waals surface area contributed by atoms with Gasteiger partial charge in [0, 0.05) is 38.8 Å². The van der Waals surface area contributed by atoms with E-state index in [4.69, 9.17) is 4.74 Å². The van der Waals surface area contributed by atoms with E-state index in [1.807, 2.05) is 0 Å². The summed E-state index contributed by atoms with van der Waals surface area (Å²) in [6, 6.07) is 8.60. The first kappa shape index (κ1) is 17.8. The molecule has 2 aliphatic rings. The molecule has 134 valence electrons. The topological polar surface area (TPSA) is 61.9 Å². The molecule has 2 fully saturated rings. The second kappa shape index (κ2) is 7.93. The minimum atomic E-state index is -3.38. The van der Waals surface area contributed by atoms with Crippen molar-refractivity contribution < 1.29 is 13.2 Å². The highest BCUT2D eigenvalue weighted by atomic mass is 32.2. The number of rotatable bonds is 5. The zero-order valence-corrected chi connectivity index (χ0v) is 15.1. The lowest BCUT2D eigenvalue weighted by Crippen LogP contribution is -2.52. The van der Waals surface area contributed by atoms with E-state index < -0.39 is 10.2 Å². The third-order valence-electron chi connectivity index (χ3n) is 4.70. The number of hydrogen-bond acceptors (Lipinski definition) is 4. The van der Waals surface area contributed by atoms with Crippen LogP contribution in [0.4, 0.5) is 0 Å². The summed E-state index contributed by atoms with van der Waals surface area (Å²) in [6.45, 7) is 6.74. The fourth-order valence-electron chi connectivity index (χ4n) is 3.35. The maximum absolute atomic E-state index is 12.4. The summed E-state index contributed by atoms with van der Waals surface area (Å²) in [5.74, 6) is 0. The molecule has 0 aliphatic carbocycles. The lowest BCUT2D eigenvalue weighted by atomic mass is 10.0. The molecular weight excluding hydrogens is 326 g/mol. The van der Waals surface area contributed by atoms with Crippen molar-refractivity contribution in [3.8, 4) is 0 Å². The molecule has 0 saturated carbocycles. The van der Waals surface area contributed by atoms with Gasteiger partial charge in [0.2, 0.25) is 0 Å². The van der Waals surface area contributed by atoms with Gasteiger partial charge < -0.3 is 4.74 Å². The summed E-state index contributed by atoms with van der Waals surface area (Å²) in [5.41, 5.74) is 2.60. The van der Waals surface area contributed by atoms with Crippen LogP contribution in [0.2, 0.25) is 0 Å². The van der Waals surface area contributed by atoms with Gasteiger partial charge in [0.25, 0.3) is 10.2 Å². The van der Waals surface area contributed by atoms with Crippen LogP contribution in [-0.2, 0) is 21.5 Å². The van der Waals surface area contributed by atoms with Crippen LogP contribution in [0.1, 0.15) is 24.0 Å². The quantitative estimate of drug-likeness (QED) is 0.862. The zero-order valence-electron chi connectivity index (χ0n) is 14.3. The molecule has 1 N–H and O–H groups in total. The van der Waals surface area contributed by atoms with Crippen LogP contribution in [0.25, 0.3) is 0 Å². The lowest BCUT2D eigenvalue weighted by Gasteiger charge is -2.34. The van der Waals surface area contributed by atoms with Crippen LogP contribution in [0.15, 0.2) is 24.3 Å². The number of aryl methyl sites for hydroxylation is 1. The highest BCUT2D eigenvalue weighted by Gasteiger charge is 2.29. The standard InChI is InChI=1S/C17H27N3O3S/c1-15-3-2-4-16(13-15)14-19-7-5-17(6-8-19)18-24(21,22)20-9-11-23-12-10-20/h2-4,13,17-18H,5-12,14H2,1H3. The number of benzene rings is 1. The molecule has 3 rings (SSSR count). The van der Waals surface area contributed by atoms with E-state index in [1.165, 1.54) is 15.4 Å². The molecular formula is C17H27N3O3S. The second-order valence-electron chi connectivity index (χ2n) is 6.67. The number of piperidine rings is 1. The van der Waals surface area contributed by atoms with Crippen LogP contribution >= 0.6 is 0 Å². The maximum atomic E-state index is 12.4. The van der Waals surface area contributed by atoms with Gasteiger partial charge in [0.15, 0.2) is 0 Å². The van der Waals surface area contributed by atoms with E-state index in [9.17, 15) is 8.42 Å². The highest BCUT2D eigenvalue weighted by molar-refractivity contribution is 7.87. The van der Waals surface area contributed by atoms with Crippen LogP contribution in [0, 0.1) is 6.92 Å². The molecule has 2 aliphatic heterocycles. The molecule has 0 aromatic heterocycles. The number of likely N-dealkylation sites (tertiary alicyclic amines) is 1. The third-order valence-corrected chi connectivity index (χ3v) is 6.38. The van der Waals surface area contributed by atoms with Gasteiger partial charge in [-0.2, -0.15) is 17.4 Å². The van der Waals surface area contributed by atoms with Crippen LogP contribution in [0.3, 0.4) is 0 Å². The Morgan fingerprint density at radius 1 is 1.17 bits per heavy atom. The third kappa shape index (κ3) is 4.77. The van der Waals surface area contributed by atoms with Crippen molar-refractivity contribution in [2.24, 2.45) is 0 Å². The fraction of sp³-hybridized carbons (Fsp3) is 0.647. The molecule has 1 aromatic rings. The predicted octanol–water partition coefficient (Wildman–Crippen LogP) is 1.13. The number of hydrogen-bond donors (Lipinski definition) is 1. The van der Waals surface area contributed by atoms with E-state index in [0.717, 1.165) is 32.5 Å². The molecule has 7 heteroatoms. The Bertz CT molecular complexity index is 636. The Balaban J connectivity index is 1.48. The van der Waals surface area contributed by atoms with E-state index in [0.29, 0.717) is 26.3 Å². The van der Waals surface area contributed by atoms with Gasteiger partial charge in [0.1, 0.15) is 0 Å². The SMILES string of the molecule is Cc1cccc(CN2CCC(NS(=O)(=O)N3CCOCC3)CC2)c1. The second-order valence-corrected chi connectivity index (χ2v) is 8.38. The fourth-order valence-corrected chi connectivity index (χ4v) is 4.79. The molecule has 0 bridgehead atoms. The Labute approximate surface area is 145 Å². The monoisotopic (exact) mass is 353 g/mol. The van der Waals surface area contributed by atoms with Crippen molar-refractivity contribution in [3.63, 3.8) is 0 Å². The van der Waals surface area contributed by atoms with E-state index >= 15 is 0 Å². The van der Waals surface area contributed by atoms with Crippen molar-refractivity contribution in [2.45, 2.75) is 32.4 Å². The molecule has 2 saturated heterocycles. The van der Waals surface area contributed by atoms with Crippen LogP contribution < -0.4 is 4.72 Å². The van der Waals surface area contributed by atoms with Crippen molar-refractivity contribution >= 4 is 10.2 Å². The summed E-state index contributed by atoms with van der Waals surface area (Å²) in [6.07, 6.45) is 1.71. The van der Waals surface area contributed by atoms with E-state index in [1.54, 1.807) is 0 Å². The van der Waals surface area contributed by atoms with Gasteiger partial charge in [-0.15, -0.1) is 0 Å². The Kier molecular flexibility index (Phi) is 5.89. The Morgan fingerprint density at radius 3 is 2.54 bits per heavy atom. The highest BCUT2D eigenvalue weighted by Crippen LogP contribution is 2.16. The number of nitrogens with zero attached hydrogens (tertiary/aromatic N) is 2. The minimum Gasteiger partial charge on any atom is -0.379 e. The first-order valence-corrected chi connectivity index (χ1v) is 10.1. The molecule has 24 heavy (non-hydrogen) atoms. The lowest BCUT2D eigenvalue weighted by molar-refractivity contribution is 0.0720. The first-order valence-electron chi connectivity index (χ1n) is 8.66. The smallest absolute Gasteiger partial charge is 0.279 e. The van der Waals surface area contributed by atoms with Crippen molar-refractivity contribution in [3.05, 3.63) is 35.4 Å². The predicted molar refractivity (Wildman–Crippen MR) is 93.9 cm³/mol. The largest absolute Gasteiger partial charge is 0.379 e. The van der Waals surface area contributed by atoms with Crippen molar-refractivity contribution in [1.29, 1.82) is 0 Å². The molecule has 0 amide bonds. The Hall–Kier alpha value is -0.990. The van der Waals surface area contributed by atoms with Gasteiger partial charge in [-0.05, 0) is 25.3 Å². The average Bonchev–Trinajstić information content (AvgIpc) is 2.57. The molecule has 0 spiro atoms. The summed E-state index contributed by atoms with van der Waals surface area (Å²) in [4.78, 5) is 2.40. The van der Waals surface area contributed by atoms with Crippen LogP contribution in [0.5, 0.6) is 0 Å². The molecule has 0 atom stereocenters. The van der Waals surface area contributed by atoms with Gasteiger partial charge in [0.05, 0.1) is 13.2 Å². The molecule has 6 nitrogen and oxygen atoms in total. The maximum Gasteiger partial charge on any atom is 0.279 e. The summed E-state index contributed by atoms with van der Waals surface area (Å²) in [5, 5.41) is 0. The normalized spacial score (nSPS) is 21.9. The minimum absolute atomic E-state index is 0.0339. The van der Waals surface area contributed by atoms with E-state index in [2.05, 4.69) is 40.8 Å². The van der Waals surface area contributed by atoms with Gasteiger partial charge in [-0.1, -0.05) is 29.8 Å². The van der Waals surface area contributed by atoms with Crippen molar-refractivity contribution in [2.75, 3.05) is 39.4 Å². The summed E-state index contributed by atoms with van der Waals surface area (Å²) < 4.78 is 34.4. The zero-order chi connectivity index (χ0) is 17.0. The molecule has 2 heterocycles. The number of nitrogens with one attached hydrogen (secondary N) is 1. The number of ether oxygens (including phenoxy) is 1. The molecule has 0 radical (unpaired) electrons. The Morgan fingerprint density at radius 2 is 1.88 bits per heavy atom. The van der Waals surface area contributed by atoms with Gasteiger partial charge >= 0.3 is 0 Å².